The van der Waals surface area contributed by atoms with Crippen LogP contribution in [-0.4, -0.2) is 25.8 Å². The molecule has 0 radical (unpaired) electrons. The number of amides is 1. The normalized spacial score (nSPS) is 16.2. The number of hydrogen-bond donors (Lipinski definition) is 2. The van der Waals surface area contributed by atoms with E-state index in [0.717, 1.165) is 32.2 Å². The predicted octanol–water partition coefficient (Wildman–Crippen LogP) is 4.28. The van der Waals surface area contributed by atoms with E-state index in [1.54, 1.807) is 28.2 Å². The molecule has 2 N–H and O–H groups in total. The first kappa shape index (κ1) is 16.9. The second-order valence-electron chi connectivity index (χ2n) is 7.12. The zero-order valence-corrected chi connectivity index (χ0v) is 16.2. The highest BCUT2D eigenvalue weighted by Gasteiger charge is 2.33. The Balaban J connectivity index is 1.67. The maximum absolute atomic E-state index is 12.5. The summed E-state index contributed by atoms with van der Waals surface area (Å²) in [6.45, 7) is 4.01. The number of aromatic nitrogens is 3. The van der Waals surface area contributed by atoms with Crippen LogP contribution in [0.25, 0.3) is 15.3 Å². The number of phenols is 1. The highest BCUT2D eigenvalue weighted by molar-refractivity contribution is 7.20. The molecule has 0 saturated carbocycles. The highest BCUT2D eigenvalue weighted by atomic mass is 32.1. The Bertz CT molecular complexity index is 1220. The van der Waals surface area contributed by atoms with E-state index in [9.17, 15) is 9.90 Å². The van der Waals surface area contributed by atoms with E-state index in [0.29, 0.717) is 12.2 Å². The van der Waals surface area contributed by atoms with Crippen molar-refractivity contribution in [1.82, 2.24) is 14.8 Å². The van der Waals surface area contributed by atoms with Crippen LogP contribution in [-0.2, 0) is 4.79 Å². The molecule has 5 rings (SSSR count). The fraction of sp³-hybridized carbons (Fsp3) is 0.190. The molecular weight excluding hydrogens is 372 g/mol. The van der Waals surface area contributed by atoms with Crippen molar-refractivity contribution in [1.29, 1.82) is 0 Å². The molecule has 1 aliphatic rings. The number of carbonyl (C=O) groups excluding carboxylic acids is 1. The van der Waals surface area contributed by atoms with Crippen molar-refractivity contribution in [3.8, 4) is 10.9 Å². The zero-order valence-electron chi connectivity index (χ0n) is 15.4. The lowest BCUT2D eigenvalue weighted by molar-refractivity contribution is -0.116. The van der Waals surface area contributed by atoms with Crippen molar-refractivity contribution in [3.63, 3.8) is 0 Å². The van der Waals surface area contributed by atoms with Gasteiger partial charge in [0.1, 0.15) is 11.6 Å². The molecule has 7 heteroatoms. The summed E-state index contributed by atoms with van der Waals surface area (Å²) in [5.41, 5.74) is 4.95. The molecule has 1 unspecified atom stereocenters. The third-order valence-electron chi connectivity index (χ3n) is 5.11. The van der Waals surface area contributed by atoms with Crippen molar-refractivity contribution in [3.05, 3.63) is 64.8 Å². The van der Waals surface area contributed by atoms with Crippen LogP contribution in [0.2, 0.25) is 0 Å². The van der Waals surface area contributed by atoms with E-state index in [-0.39, 0.29) is 17.6 Å². The number of rotatable bonds is 2. The summed E-state index contributed by atoms with van der Waals surface area (Å²) in [5, 5.41) is 18.0. The highest BCUT2D eigenvalue weighted by Crippen LogP contribution is 2.41. The van der Waals surface area contributed by atoms with Gasteiger partial charge in [-0.3, -0.25) is 4.79 Å². The largest absolute Gasteiger partial charge is 0.508 e. The molecule has 1 atom stereocenters. The van der Waals surface area contributed by atoms with Crippen LogP contribution in [0.15, 0.2) is 42.5 Å². The van der Waals surface area contributed by atoms with Gasteiger partial charge in [0.2, 0.25) is 11.0 Å². The molecule has 0 fully saturated rings. The van der Waals surface area contributed by atoms with E-state index in [2.05, 4.69) is 18.3 Å². The summed E-state index contributed by atoms with van der Waals surface area (Å²) in [6.07, 6.45) is 0.351. The van der Waals surface area contributed by atoms with Crippen molar-refractivity contribution < 1.29 is 9.90 Å². The molecule has 0 bridgehead atoms. The number of fused-ring (bicyclic) bond motifs is 2. The lowest BCUT2D eigenvalue weighted by atomic mass is 9.86. The van der Waals surface area contributed by atoms with E-state index in [1.165, 1.54) is 5.56 Å². The number of nitrogens with zero attached hydrogens (tertiary/aromatic N) is 3. The first-order chi connectivity index (χ1) is 13.5. The summed E-state index contributed by atoms with van der Waals surface area (Å²) in [6, 6.07) is 13.2. The summed E-state index contributed by atoms with van der Waals surface area (Å²) in [4.78, 5) is 17.2. The number of thiazole rings is 1. The van der Waals surface area contributed by atoms with Gasteiger partial charge in [-0.1, -0.05) is 29.5 Å². The van der Waals surface area contributed by atoms with Crippen molar-refractivity contribution in [2.24, 2.45) is 0 Å². The molecule has 0 saturated heterocycles. The van der Waals surface area contributed by atoms with Crippen molar-refractivity contribution >= 4 is 33.3 Å². The average Bonchev–Trinajstić information content (AvgIpc) is 3.22. The molecule has 0 aliphatic carbocycles. The third-order valence-corrected chi connectivity index (χ3v) is 6.11. The number of nitrogens with one attached hydrogen (secondary N) is 1. The van der Waals surface area contributed by atoms with Gasteiger partial charge in [-0.05, 0) is 49.2 Å². The predicted molar refractivity (Wildman–Crippen MR) is 109 cm³/mol. The summed E-state index contributed by atoms with van der Waals surface area (Å²) < 4.78 is 2.84. The van der Waals surface area contributed by atoms with Gasteiger partial charge < -0.3 is 10.4 Å². The Morgan fingerprint density at radius 3 is 2.75 bits per heavy atom. The SMILES string of the molecule is Cc1ccc2nc(-n3nc(C)c4c3NC(=O)CC4c3ccc(O)cc3)sc2c1. The maximum atomic E-state index is 12.5. The van der Waals surface area contributed by atoms with Crippen LogP contribution >= 0.6 is 11.3 Å². The lowest BCUT2D eigenvalue weighted by Gasteiger charge is -2.24. The van der Waals surface area contributed by atoms with Crippen molar-refractivity contribution in [2.45, 2.75) is 26.2 Å². The molecule has 2 aromatic carbocycles. The minimum absolute atomic E-state index is 0.0521. The molecule has 0 spiro atoms. The Morgan fingerprint density at radius 1 is 1.18 bits per heavy atom. The number of benzene rings is 2. The van der Waals surface area contributed by atoms with Gasteiger partial charge in [-0.15, -0.1) is 0 Å². The molecule has 1 aliphatic heterocycles. The maximum Gasteiger partial charge on any atom is 0.226 e. The Hall–Kier alpha value is -3.19. The standard InChI is InChI=1S/C21H18N4O2S/c1-11-3-8-16-17(9-11)28-21(22-16)25-20-19(12(2)24-25)15(10-18(27)23-20)13-4-6-14(26)7-5-13/h3-9,15,26H,10H2,1-2H3,(H,23,27). The summed E-state index contributed by atoms with van der Waals surface area (Å²) in [7, 11) is 0. The molecular formula is C21H18N4O2S. The van der Waals surface area contributed by atoms with E-state index >= 15 is 0 Å². The fourth-order valence-electron chi connectivity index (χ4n) is 3.79. The van der Waals surface area contributed by atoms with Gasteiger partial charge in [-0.25, -0.2) is 4.98 Å². The second kappa shape index (κ2) is 6.17. The molecule has 4 aromatic rings. The monoisotopic (exact) mass is 390 g/mol. The minimum Gasteiger partial charge on any atom is -0.508 e. The Kier molecular flexibility index (Phi) is 3.73. The first-order valence-corrected chi connectivity index (χ1v) is 9.87. The van der Waals surface area contributed by atoms with Crippen LogP contribution in [0.3, 0.4) is 0 Å². The first-order valence-electron chi connectivity index (χ1n) is 9.05. The minimum atomic E-state index is -0.102. The van der Waals surface area contributed by atoms with E-state index in [4.69, 9.17) is 10.1 Å². The third kappa shape index (κ3) is 2.66. The number of aromatic hydroxyl groups is 1. The quantitative estimate of drug-likeness (QED) is 0.535. The molecule has 2 aromatic heterocycles. The topological polar surface area (TPSA) is 80.0 Å². The number of hydrogen-bond acceptors (Lipinski definition) is 5. The molecule has 140 valence electrons. The van der Waals surface area contributed by atoms with Crippen LogP contribution in [0, 0.1) is 13.8 Å². The van der Waals surface area contributed by atoms with Crippen LogP contribution in [0.5, 0.6) is 5.75 Å². The van der Waals surface area contributed by atoms with Crippen LogP contribution in [0.4, 0.5) is 5.82 Å². The second-order valence-corrected chi connectivity index (χ2v) is 8.13. The van der Waals surface area contributed by atoms with Crippen LogP contribution < -0.4 is 5.32 Å². The van der Waals surface area contributed by atoms with E-state index in [1.807, 2.05) is 31.2 Å². The van der Waals surface area contributed by atoms with Gasteiger partial charge in [0, 0.05) is 17.9 Å². The molecule has 1 amide bonds. The summed E-state index contributed by atoms with van der Waals surface area (Å²) >= 11 is 1.56. The average molecular weight is 390 g/mol. The Morgan fingerprint density at radius 2 is 1.96 bits per heavy atom. The zero-order chi connectivity index (χ0) is 19.4. The van der Waals surface area contributed by atoms with Gasteiger partial charge in [0.25, 0.3) is 0 Å². The summed E-state index contributed by atoms with van der Waals surface area (Å²) in [5.74, 6) is 0.738. The fourth-order valence-corrected chi connectivity index (χ4v) is 4.81. The number of anilines is 1. The van der Waals surface area contributed by atoms with Gasteiger partial charge in [0.05, 0.1) is 15.9 Å². The number of carbonyl (C=O) groups is 1. The van der Waals surface area contributed by atoms with Crippen LogP contribution in [0.1, 0.15) is 34.7 Å². The smallest absolute Gasteiger partial charge is 0.226 e. The van der Waals surface area contributed by atoms with Gasteiger partial charge in [-0.2, -0.15) is 9.78 Å². The molecule has 6 nitrogen and oxygen atoms in total. The number of aryl methyl sites for hydroxylation is 2. The van der Waals surface area contributed by atoms with Gasteiger partial charge in [0.15, 0.2) is 0 Å². The van der Waals surface area contributed by atoms with E-state index < -0.39 is 0 Å². The number of phenolic OH excluding ortho intramolecular Hbond substituents is 1. The Labute approximate surface area is 165 Å². The van der Waals surface area contributed by atoms with Crippen molar-refractivity contribution in [2.75, 3.05) is 5.32 Å². The molecule has 28 heavy (non-hydrogen) atoms. The lowest BCUT2D eigenvalue weighted by Crippen LogP contribution is -2.24. The van der Waals surface area contributed by atoms with Gasteiger partial charge >= 0.3 is 0 Å². The molecule has 3 heterocycles.